The van der Waals surface area contributed by atoms with Crippen LogP contribution in [0, 0.1) is 17.1 Å². The predicted molar refractivity (Wildman–Crippen MR) is 49.0 cm³/mol. The SMILES string of the molecule is N#CC1(c2c(F)ccc(N)c2O)CC1. The van der Waals surface area contributed by atoms with E-state index in [1.165, 1.54) is 12.1 Å². The van der Waals surface area contributed by atoms with Gasteiger partial charge in [0.25, 0.3) is 0 Å². The molecular formula is C10H9FN2O. The summed E-state index contributed by atoms with van der Waals surface area (Å²) in [4.78, 5) is 0. The Morgan fingerprint density at radius 3 is 2.64 bits per heavy atom. The number of rotatable bonds is 1. The molecule has 0 spiro atoms. The average Bonchev–Trinajstić information content (AvgIpc) is 2.93. The van der Waals surface area contributed by atoms with Crippen LogP contribution in [0.25, 0.3) is 0 Å². The Morgan fingerprint density at radius 1 is 1.50 bits per heavy atom. The molecule has 0 amide bonds. The molecule has 1 saturated carbocycles. The number of anilines is 1. The number of benzene rings is 1. The molecule has 4 heteroatoms. The third kappa shape index (κ3) is 1.02. The quantitative estimate of drug-likeness (QED) is 0.525. The van der Waals surface area contributed by atoms with Crippen molar-refractivity contribution in [3.8, 4) is 11.8 Å². The molecule has 1 aromatic carbocycles. The number of aromatic hydroxyl groups is 1. The first-order valence-corrected chi connectivity index (χ1v) is 4.29. The van der Waals surface area contributed by atoms with Crippen LogP contribution in [0.3, 0.4) is 0 Å². The average molecular weight is 192 g/mol. The molecule has 2 rings (SSSR count). The molecule has 3 N–H and O–H groups in total. The lowest BCUT2D eigenvalue weighted by Gasteiger charge is -2.11. The smallest absolute Gasteiger partial charge is 0.146 e. The molecule has 0 saturated heterocycles. The van der Waals surface area contributed by atoms with Gasteiger partial charge in [0.2, 0.25) is 0 Å². The molecule has 0 heterocycles. The van der Waals surface area contributed by atoms with E-state index in [4.69, 9.17) is 11.0 Å². The Balaban J connectivity index is 2.64. The maximum atomic E-state index is 13.4. The van der Waals surface area contributed by atoms with E-state index < -0.39 is 11.2 Å². The Bertz CT molecular complexity index is 432. The van der Waals surface area contributed by atoms with Crippen molar-refractivity contribution in [3.05, 3.63) is 23.5 Å². The van der Waals surface area contributed by atoms with Crippen molar-refractivity contribution in [2.45, 2.75) is 18.3 Å². The number of phenolic OH excluding ortho intramolecular Hbond substituents is 1. The molecule has 0 atom stereocenters. The number of nitrogens with zero attached hydrogens (tertiary/aromatic N) is 1. The highest BCUT2D eigenvalue weighted by Gasteiger charge is 2.48. The van der Waals surface area contributed by atoms with Crippen molar-refractivity contribution in [1.29, 1.82) is 5.26 Å². The van der Waals surface area contributed by atoms with E-state index in [0.29, 0.717) is 12.8 Å². The van der Waals surface area contributed by atoms with Crippen molar-refractivity contribution in [2.75, 3.05) is 5.73 Å². The maximum Gasteiger partial charge on any atom is 0.146 e. The van der Waals surface area contributed by atoms with Crippen molar-refractivity contribution in [2.24, 2.45) is 0 Å². The normalized spacial score (nSPS) is 17.4. The topological polar surface area (TPSA) is 70.0 Å². The highest BCUT2D eigenvalue weighted by molar-refractivity contribution is 5.61. The van der Waals surface area contributed by atoms with Crippen LogP contribution in [0.2, 0.25) is 0 Å². The van der Waals surface area contributed by atoms with E-state index in [2.05, 4.69) is 0 Å². The summed E-state index contributed by atoms with van der Waals surface area (Å²) in [5.41, 5.74) is 4.77. The second-order valence-corrected chi connectivity index (χ2v) is 3.55. The van der Waals surface area contributed by atoms with Gasteiger partial charge in [-0.05, 0) is 25.0 Å². The van der Waals surface area contributed by atoms with Crippen LogP contribution in [0.15, 0.2) is 12.1 Å². The van der Waals surface area contributed by atoms with E-state index >= 15 is 0 Å². The number of phenols is 1. The first kappa shape index (κ1) is 8.82. The summed E-state index contributed by atoms with van der Waals surface area (Å²) in [6.45, 7) is 0. The summed E-state index contributed by atoms with van der Waals surface area (Å²) in [5, 5.41) is 18.5. The van der Waals surface area contributed by atoms with Gasteiger partial charge in [0.05, 0.1) is 22.7 Å². The number of nitriles is 1. The minimum Gasteiger partial charge on any atom is -0.505 e. The van der Waals surface area contributed by atoms with E-state index in [1.54, 1.807) is 0 Å². The van der Waals surface area contributed by atoms with Crippen LogP contribution < -0.4 is 5.73 Å². The summed E-state index contributed by atoms with van der Waals surface area (Å²) < 4.78 is 13.4. The molecule has 1 aromatic rings. The molecule has 0 aromatic heterocycles. The largest absolute Gasteiger partial charge is 0.505 e. The lowest BCUT2D eigenvalue weighted by Crippen LogP contribution is -2.07. The molecule has 0 aliphatic heterocycles. The number of hydrogen-bond acceptors (Lipinski definition) is 3. The molecule has 14 heavy (non-hydrogen) atoms. The minimum atomic E-state index is -0.844. The van der Waals surface area contributed by atoms with E-state index in [-0.39, 0.29) is 17.0 Å². The predicted octanol–water partition coefficient (Wildman–Crippen LogP) is 1.67. The standard InChI is InChI=1S/C10H9FN2O/c11-6-1-2-7(13)9(14)8(6)10(5-12)3-4-10/h1-2,14H,3-4,13H2. The molecule has 0 radical (unpaired) electrons. The number of halogens is 1. The van der Waals surface area contributed by atoms with Crippen LogP contribution in [0.1, 0.15) is 18.4 Å². The van der Waals surface area contributed by atoms with Gasteiger partial charge < -0.3 is 10.8 Å². The van der Waals surface area contributed by atoms with Gasteiger partial charge in [-0.25, -0.2) is 4.39 Å². The van der Waals surface area contributed by atoms with Crippen LogP contribution in [0.5, 0.6) is 5.75 Å². The van der Waals surface area contributed by atoms with Gasteiger partial charge in [-0.3, -0.25) is 0 Å². The van der Waals surface area contributed by atoms with E-state index in [0.717, 1.165) is 0 Å². The van der Waals surface area contributed by atoms with E-state index in [1.807, 2.05) is 6.07 Å². The van der Waals surface area contributed by atoms with Crippen molar-refractivity contribution < 1.29 is 9.50 Å². The third-order valence-electron chi connectivity index (χ3n) is 2.60. The first-order valence-electron chi connectivity index (χ1n) is 4.29. The Morgan fingerprint density at radius 2 is 2.14 bits per heavy atom. The van der Waals surface area contributed by atoms with Crippen LogP contribution in [-0.4, -0.2) is 5.11 Å². The number of hydrogen-bond donors (Lipinski definition) is 2. The molecule has 1 aliphatic carbocycles. The maximum absolute atomic E-state index is 13.4. The fourth-order valence-corrected chi connectivity index (χ4v) is 1.58. The molecule has 3 nitrogen and oxygen atoms in total. The van der Waals surface area contributed by atoms with Gasteiger partial charge in [-0.2, -0.15) is 5.26 Å². The zero-order valence-electron chi connectivity index (χ0n) is 7.42. The molecule has 0 unspecified atom stereocenters. The monoisotopic (exact) mass is 192 g/mol. The third-order valence-corrected chi connectivity index (χ3v) is 2.60. The van der Waals surface area contributed by atoms with Crippen molar-refractivity contribution >= 4 is 5.69 Å². The summed E-state index contributed by atoms with van der Waals surface area (Å²) in [6, 6.07) is 4.50. The highest BCUT2D eigenvalue weighted by Crippen LogP contribution is 2.52. The molecular weight excluding hydrogens is 183 g/mol. The molecule has 0 bridgehead atoms. The molecule has 72 valence electrons. The van der Waals surface area contributed by atoms with Crippen LogP contribution in [0.4, 0.5) is 10.1 Å². The second-order valence-electron chi connectivity index (χ2n) is 3.55. The zero-order valence-corrected chi connectivity index (χ0v) is 7.42. The highest BCUT2D eigenvalue weighted by atomic mass is 19.1. The number of nitrogens with two attached hydrogens (primary N) is 1. The Labute approximate surface area is 80.6 Å². The Hall–Kier alpha value is -1.76. The van der Waals surface area contributed by atoms with Gasteiger partial charge in [0, 0.05) is 0 Å². The molecule has 1 fully saturated rings. The summed E-state index contributed by atoms with van der Waals surface area (Å²) >= 11 is 0. The van der Waals surface area contributed by atoms with Gasteiger partial charge in [0.1, 0.15) is 11.6 Å². The van der Waals surface area contributed by atoms with Crippen LogP contribution >= 0.6 is 0 Å². The fraction of sp³-hybridized carbons (Fsp3) is 0.300. The lowest BCUT2D eigenvalue weighted by molar-refractivity contribution is 0.456. The minimum absolute atomic E-state index is 0.0556. The van der Waals surface area contributed by atoms with Gasteiger partial charge >= 0.3 is 0 Å². The van der Waals surface area contributed by atoms with E-state index in [9.17, 15) is 9.50 Å². The lowest BCUT2D eigenvalue weighted by atomic mass is 9.95. The second kappa shape index (κ2) is 2.61. The molecule has 1 aliphatic rings. The number of nitrogen functional groups attached to an aromatic ring is 1. The summed E-state index contributed by atoms with van der Waals surface area (Å²) in [6.07, 6.45) is 1.16. The van der Waals surface area contributed by atoms with Crippen molar-refractivity contribution in [3.63, 3.8) is 0 Å². The van der Waals surface area contributed by atoms with Gasteiger partial charge in [-0.15, -0.1) is 0 Å². The zero-order chi connectivity index (χ0) is 10.3. The van der Waals surface area contributed by atoms with Gasteiger partial charge in [0.15, 0.2) is 0 Å². The van der Waals surface area contributed by atoms with Crippen LogP contribution in [-0.2, 0) is 5.41 Å². The Kier molecular flexibility index (Phi) is 1.65. The summed E-state index contributed by atoms with van der Waals surface area (Å²) in [7, 11) is 0. The van der Waals surface area contributed by atoms with Crippen molar-refractivity contribution in [1.82, 2.24) is 0 Å². The first-order chi connectivity index (χ1) is 6.60. The summed E-state index contributed by atoms with van der Waals surface area (Å²) in [5.74, 6) is -0.847. The van der Waals surface area contributed by atoms with Gasteiger partial charge in [-0.1, -0.05) is 0 Å². The fourth-order valence-electron chi connectivity index (χ4n) is 1.58.